The minimum Gasteiger partial charge on any atom is -0.493 e. The fraction of sp³-hybridized carbons (Fsp3) is 0.588. The lowest BCUT2D eigenvalue weighted by molar-refractivity contribution is -0.146. The average molecular weight is 291 g/mol. The number of amides is 1. The topological polar surface area (TPSA) is 38.8 Å². The smallest absolute Gasteiger partial charge is 0.222 e. The van der Waals surface area contributed by atoms with Crippen LogP contribution in [0.2, 0.25) is 0 Å². The molecule has 0 unspecified atom stereocenters. The number of hydrogen-bond donors (Lipinski definition) is 0. The van der Waals surface area contributed by atoms with Crippen LogP contribution in [0, 0.1) is 6.92 Å². The van der Waals surface area contributed by atoms with Crippen LogP contribution in [-0.2, 0) is 9.53 Å². The van der Waals surface area contributed by atoms with Crippen molar-refractivity contribution in [3.8, 4) is 5.75 Å². The first-order valence-corrected chi connectivity index (χ1v) is 7.58. The Morgan fingerprint density at radius 2 is 2.14 bits per heavy atom. The number of ether oxygens (including phenoxy) is 2. The zero-order valence-corrected chi connectivity index (χ0v) is 13.2. The first kappa shape index (κ1) is 15.8. The SMILES string of the molecule is Cc1ccccc1OCCCC(=O)N1CCOC(C)(C)C1. The quantitative estimate of drug-likeness (QED) is 0.783. The Bertz CT molecular complexity index is 485. The van der Waals surface area contributed by atoms with Crippen molar-refractivity contribution in [1.29, 1.82) is 0 Å². The third-order valence-electron chi connectivity index (χ3n) is 3.66. The number of aryl methyl sites for hydroxylation is 1. The highest BCUT2D eigenvalue weighted by molar-refractivity contribution is 5.76. The second-order valence-corrected chi connectivity index (χ2v) is 6.14. The van der Waals surface area contributed by atoms with Gasteiger partial charge in [-0.25, -0.2) is 0 Å². The van der Waals surface area contributed by atoms with Crippen LogP contribution in [0.4, 0.5) is 0 Å². The zero-order chi connectivity index (χ0) is 15.3. The number of rotatable bonds is 5. The van der Waals surface area contributed by atoms with Gasteiger partial charge in [-0.15, -0.1) is 0 Å². The summed E-state index contributed by atoms with van der Waals surface area (Å²) in [6, 6.07) is 7.94. The largest absolute Gasteiger partial charge is 0.493 e. The molecule has 1 amide bonds. The van der Waals surface area contributed by atoms with Gasteiger partial charge in [0.1, 0.15) is 5.75 Å². The number of para-hydroxylation sites is 1. The predicted octanol–water partition coefficient (Wildman–Crippen LogP) is 2.79. The molecule has 4 nitrogen and oxygen atoms in total. The third-order valence-corrected chi connectivity index (χ3v) is 3.66. The highest BCUT2D eigenvalue weighted by Crippen LogP contribution is 2.18. The average Bonchev–Trinajstić information content (AvgIpc) is 2.44. The lowest BCUT2D eigenvalue weighted by Gasteiger charge is -2.38. The fourth-order valence-electron chi connectivity index (χ4n) is 2.51. The van der Waals surface area contributed by atoms with Gasteiger partial charge in [0.25, 0.3) is 0 Å². The number of nitrogens with zero attached hydrogens (tertiary/aromatic N) is 1. The van der Waals surface area contributed by atoms with Crippen LogP contribution in [0.15, 0.2) is 24.3 Å². The molecule has 1 fully saturated rings. The molecule has 0 spiro atoms. The number of carbonyl (C=O) groups excluding carboxylic acids is 1. The van der Waals surface area contributed by atoms with Gasteiger partial charge in [-0.05, 0) is 38.8 Å². The molecule has 0 saturated carbocycles. The van der Waals surface area contributed by atoms with Crippen LogP contribution < -0.4 is 4.74 Å². The molecule has 1 aliphatic heterocycles. The van der Waals surface area contributed by atoms with Gasteiger partial charge >= 0.3 is 0 Å². The molecule has 0 atom stereocenters. The van der Waals surface area contributed by atoms with E-state index in [9.17, 15) is 4.79 Å². The second-order valence-electron chi connectivity index (χ2n) is 6.14. The highest BCUT2D eigenvalue weighted by Gasteiger charge is 2.29. The van der Waals surface area contributed by atoms with E-state index in [1.54, 1.807) is 0 Å². The molecule has 1 heterocycles. The molecule has 0 radical (unpaired) electrons. The standard InChI is InChI=1S/C17H25NO3/c1-14-7-4-5-8-15(14)20-11-6-9-16(19)18-10-12-21-17(2,3)13-18/h4-5,7-8H,6,9-13H2,1-3H3. The van der Waals surface area contributed by atoms with Crippen molar-refractivity contribution in [3.05, 3.63) is 29.8 Å². The predicted molar refractivity (Wildman–Crippen MR) is 82.5 cm³/mol. The van der Waals surface area contributed by atoms with E-state index in [4.69, 9.17) is 9.47 Å². The minimum atomic E-state index is -0.231. The second kappa shape index (κ2) is 6.94. The molecule has 1 aromatic carbocycles. The van der Waals surface area contributed by atoms with Gasteiger partial charge in [0, 0.05) is 19.5 Å². The Labute approximate surface area is 127 Å². The summed E-state index contributed by atoms with van der Waals surface area (Å²) >= 11 is 0. The molecule has 21 heavy (non-hydrogen) atoms. The normalized spacial score (nSPS) is 17.6. The van der Waals surface area contributed by atoms with Crippen molar-refractivity contribution in [2.75, 3.05) is 26.3 Å². The molecule has 0 aliphatic carbocycles. The van der Waals surface area contributed by atoms with E-state index in [0.29, 0.717) is 32.7 Å². The van der Waals surface area contributed by atoms with Crippen molar-refractivity contribution in [3.63, 3.8) is 0 Å². The van der Waals surface area contributed by atoms with Crippen molar-refractivity contribution >= 4 is 5.91 Å². The molecule has 0 aromatic heterocycles. The van der Waals surface area contributed by atoms with Crippen LogP contribution in [0.1, 0.15) is 32.3 Å². The molecule has 116 valence electrons. The summed E-state index contributed by atoms with van der Waals surface area (Å²) in [5.74, 6) is 1.09. The summed E-state index contributed by atoms with van der Waals surface area (Å²) in [5, 5.41) is 0. The van der Waals surface area contributed by atoms with Crippen LogP contribution in [0.25, 0.3) is 0 Å². The monoisotopic (exact) mass is 291 g/mol. The maximum absolute atomic E-state index is 12.2. The van der Waals surface area contributed by atoms with Crippen molar-refractivity contribution < 1.29 is 14.3 Å². The molecule has 4 heteroatoms. The van der Waals surface area contributed by atoms with Crippen molar-refractivity contribution in [1.82, 2.24) is 4.90 Å². The van der Waals surface area contributed by atoms with Gasteiger partial charge in [0.05, 0.1) is 18.8 Å². The maximum Gasteiger partial charge on any atom is 0.222 e. The molecular formula is C17H25NO3. The van der Waals surface area contributed by atoms with E-state index < -0.39 is 0 Å². The van der Waals surface area contributed by atoms with Crippen LogP contribution in [0.3, 0.4) is 0 Å². The van der Waals surface area contributed by atoms with Crippen molar-refractivity contribution in [2.45, 2.75) is 39.2 Å². The molecule has 0 bridgehead atoms. The highest BCUT2D eigenvalue weighted by atomic mass is 16.5. The van der Waals surface area contributed by atoms with E-state index in [0.717, 1.165) is 17.7 Å². The molecule has 1 aromatic rings. The van der Waals surface area contributed by atoms with Gasteiger partial charge in [0.15, 0.2) is 0 Å². The number of benzene rings is 1. The lowest BCUT2D eigenvalue weighted by Crippen LogP contribution is -2.50. The van der Waals surface area contributed by atoms with E-state index in [1.165, 1.54) is 0 Å². The van der Waals surface area contributed by atoms with E-state index in [2.05, 4.69) is 0 Å². The first-order valence-electron chi connectivity index (χ1n) is 7.58. The molecule has 0 N–H and O–H groups in total. The molecule has 1 saturated heterocycles. The summed E-state index contributed by atoms with van der Waals surface area (Å²) in [5.41, 5.74) is 0.893. The van der Waals surface area contributed by atoms with E-state index in [1.807, 2.05) is 49.9 Å². The van der Waals surface area contributed by atoms with E-state index >= 15 is 0 Å². The minimum absolute atomic E-state index is 0.194. The van der Waals surface area contributed by atoms with Gasteiger partial charge in [-0.1, -0.05) is 18.2 Å². The molecular weight excluding hydrogens is 266 g/mol. The van der Waals surface area contributed by atoms with Gasteiger partial charge < -0.3 is 14.4 Å². The summed E-state index contributed by atoms with van der Waals surface area (Å²) in [7, 11) is 0. The van der Waals surface area contributed by atoms with Crippen LogP contribution in [0.5, 0.6) is 5.75 Å². The van der Waals surface area contributed by atoms with Crippen LogP contribution >= 0.6 is 0 Å². The Hall–Kier alpha value is -1.55. The summed E-state index contributed by atoms with van der Waals surface area (Å²) < 4.78 is 11.3. The summed E-state index contributed by atoms with van der Waals surface area (Å²) in [4.78, 5) is 14.1. The first-order chi connectivity index (χ1) is 9.98. The molecule has 1 aliphatic rings. The Morgan fingerprint density at radius 3 is 2.86 bits per heavy atom. The number of carbonyl (C=O) groups is 1. The van der Waals surface area contributed by atoms with Crippen molar-refractivity contribution in [2.24, 2.45) is 0 Å². The lowest BCUT2D eigenvalue weighted by atomic mass is 10.1. The third kappa shape index (κ3) is 4.74. The van der Waals surface area contributed by atoms with Gasteiger partial charge in [-0.2, -0.15) is 0 Å². The van der Waals surface area contributed by atoms with Gasteiger partial charge in [-0.3, -0.25) is 4.79 Å². The van der Waals surface area contributed by atoms with E-state index in [-0.39, 0.29) is 11.5 Å². The molecule has 2 rings (SSSR count). The Kier molecular flexibility index (Phi) is 5.23. The maximum atomic E-state index is 12.2. The number of hydrogen-bond acceptors (Lipinski definition) is 3. The summed E-state index contributed by atoms with van der Waals surface area (Å²) in [6.07, 6.45) is 1.27. The Balaban J connectivity index is 1.71. The Morgan fingerprint density at radius 1 is 1.38 bits per heavy atom. The number of morpholine rings is 1. The van der Waals surface area contributed by atoms with Gasteiger partial charge in [0.2, 0.25) is 5.91 Å². The fourth-order valence-corrected chi connectivity index (χ4v) is 2.51. The van der Waals surface area contributed by atoms with Crippen LogP contribution in [-0.4, -0.2) is 42.7 Å². The zero-order valence-electron chi connectivity index (χ0n) is 13.2. The summed E-state index contributed by atoms with van der Waals surface area (Å²) in [6.45, 7) is 8.63.